The number of fused-ring (bicyclic) bond motifs is 1. The second-order valence-electron chi connectivity index (χ2n) is 8.16. The summed E-state index contributed by atoms with van der Waals surface area (Å²) in [7, 11) is 0. The van der Waals surface area contributed by atoms with Crippen molar-refractivity contribution in [1.82, 2.24) is 0 Å². The molecule has 3 fully saturated rings. The number of carbonyl (C=O) groups is 2. The van der Waals surface area contributed by atoms with Crippen LogP contribution in [0.25, 0.3) is 0 Å². The zero-order valence-electron chi connectivity index (χ0n) is 12.9. The fraction of sp³-hybridized carbons (Fsp3) is 0.778. The van der Waals surface area contributed by atoms with Crippen molar-refractivity contribution in [3.63, 3.8) is 0 Å². The van der Waals surface area contributed by atoms with Gasteiger partial charge in [0, 0.05) is 11.0 Å². The lowest BCUT2D eigenvalue weighted by Gasteiger charge is -2.58. The van der Waals surface area contributed by atoms with Gasteiger partial charge in [0.15, 0.2) is 0 Å². The van der Waals surface area contributed by atoms with Crippen LogP contribution in [0.1, 0.15) is 52.4 Å². The van der Waals surface area contributed by atoms with E-state index in [4.69, 9.17) is 0 Å². The van der Waals surface area contributed by atoms with Gasteiger partial charge in [-0.1, -0.05) is 25.8 Å². The number of carboxylic acid groups (broad SMARTS) is 1. The van der Waals surface area contributed by atoms with Gasteiger partial charge in [-0.25, -0.2) is 4.79 Å². The highest BCUT2D eigenvalue weighted by molar-refractivity contribution is 5.94. The summed E-state index contributed by atoms with van der Waals surface area (Å²) in [6, 6.07) is 0. The van der Waals surface area contributed by atoms with Gasteiger partial charge in [-0.15, -0.1) is 0 Å². The molecule has 4 rings (SSSR count). The predicted octanol–water partition coefficient (Wildman–Crippen LogP) is 3.44. The van der Waals surface area contributed by atoms with Gasteiger partial charge < -0.3 is 9.90 Å². The van der Waals surface area contributed by atoms with Crippen LogP contribution in [0.15, 0.2) is 11.1 Å². The molecule has 0 aromatic rings. The summed E-state index contributed by atoms with van der Waals surface area (Å²) in [5, 5.41) is 9.75. The van der Waals surface area contributed by atoms with Crippen molar-refractivity contribution in [2.24, 2.45) is 34.5 Å². The number of aldehydes is 1. The van der Waals surface area contributed by atoms with E-state index in [1.165, 1.54) is 24.8 Å². The summed E-state index contributed by atoms with van der Waals surface area (Å²) in [4.78, 5) is 23.6. The summed E-state index contributed by atoms with van der Waals surface area (Å²) in [6.45, 7) is 4.70. The third-order valence-corrected chi connectivity index (χ3v) is 7.67. The number of hydrogen-bond acceptors (Lipinski definition) is 2. The Labute approximate surface area is 125 Å². The highest BCUT2D eigenvalue weighted by Gasteiger charge is 2.71. The van der Waals surface area contributed by atoms with Crippen molar-refractivity contribution in [2.45, 2.75) is 52.4 Å². The van der Waals surface area contributed by atoms with Gasteiger partial charge in [0.25, 0.3) is 0 Å². The predicted molar refractivity (Wildman–Crippen MR) is 78.6 cm³/mol. The lowest BCUT2D eigenvalue weighted by atomic mass is 9.45. The highest BCUT2D eigenvalue weighted by atomic mass is 16.4. The van der Waals surface area contributed by atoms with Crippen molar-refractivity contribution < 1.29 is 14.7 Å². The summed E-state index contributed by atoms with van der Waals surface area (Å²) < 4.78 is 0. The van der Waals surface area contributed by atoms with E-state index in [-0.39, 0.29) is 22.7 Å². The summed E-state index contributed by atoms with van der Waals surface area (Å²) in [5.41, 5.74) is 1.82. The molecule has 0 saturated heterocycles. The first kappa shape index (κ1) is 13.5. The highest BCUT2D eigenvalue weighted by Crippen LogP contribution is 2.77. The number of aliphatic carboxylic acids is 1. The van der Waals surface area contributed by atoms with Crippen LogP contribution >= 0.6 is 0 Å². The Morgan fingerprint density at radius 2 is 1.90 bits per heavy atom. The quantitative estimate of drug-likeness (QED) is 0.792. The molecular formula is C18H24O3. The van der Waals surface area contributed by atoms with E-state index in [9.17, 15) is 14.7 Å². The smallest absolute Gasteiger partial charge is 0.332 e. The van der Waals surface area contributed by atoms with Crippen LogP contribution in [-0.2, 0) is 9.59 Å². The Bertz CT molecular complexity index is 559. The first-order valence-corrected chi connectivity index (χ1v) is 8.38. The Morgan fingerprint density at radius 1 is 1.19 bits per heavy atom. The Morgan fingerprint density at radius 3 is 2.57 bits per heavy atom. The molecule has 0 heterocycles. The summed E-state index contributed by atoms with van der Waals surface area (Å²) in [5.74, 6) is 0.243. The maximum atomic E-state index is 11.9. The summed E-state index contributed by atoms with van der Waals surface area (Å²) >= 11 is 0. The van der Waals surface area contributed by atoms with Gasteiger partial charge in [0.05, 0.1) is 5.92 Å². The van der Waals surface area contributed by atoms with Crippen LogP contribution in [0.3, 0.4) is 0 Å². The number of rotatable bonds is 2. The fourth-order valence-electron chi connectivity index (χ4n) is 7.08. The standard InChI is InChI=1S/C18H24O3/c1-17(2)11-7-6-10-4-3-5-13-12(9-19)15(16(20)21)14(8-11)18(10,13)17/h9-13H,3-8H2,1-2H3,(H,20,21)/t10-,11-,12+,13+,18-/m1/s1. The first-order valence-electron chi connectivity index (χ1n) is 8.38. The van der Waals surface area contributed by atoms with E-state index < -0.39 is 5.97 Å². The molecule has 0 aromatic heterocycles. The van der Waals surface area contributed by atoms with Gasteiger partial charge in [-0.2, -0.15) is 0 Å². The van der Waals surface area contributed by atoms with E-state index in [0.29, 0.717) is 17.4 Å². The molecule has 4 aliphatic carbocycles. The minimum absolute atomic E-state index is 0.00741. The number of carboxylic acids is 1. The normalized spacial score (nSPS) is 46.4. The molecule has 21 heavy (non-hydrogen) atoms. The van der Waals surface area contributed by atoms with Crippen LogP contribution in [0.2, 0.25) is 0 Å². The molecule has 5 atom stereocenters. The first-order chi connectivity index (χ1) is 9.96. The Kier molecular flexibility index (Phi) is 2.57. The molecule has 3 nitrogen and oxygen atoms in total. The van der Waals surface area contributed by atoms with Crippen LogP contribution < -0.4 is 0 Å². The third kappa shape index (κ3) is 1.28. The lowest BCUT2D eigenvalue weighted by Crippen LogP contribution is -2.53. The van der Waals surface area contributed by atoms with Crippen molar-refractivity contribution >= 4 is 12.3 Å². The Hall–Kier alpha value is -1.12. The average Bonchev–Trinajstić information content (AvgIpc) is 2.74. The second kappa shape index (κ2) is 3.99. The molecule has 0 aromatic carbocycles. The molecule has 0 radical (unpaired) electrons. The molecule has 0 amide bonds. The molecule has 1 spiro atoms. The van der Waals surface area contributed by atoms with Crippen molar-refractivity contribution in [3.05, 3.63) is 11.1 Å². The van der Waals surface area contributed by atoms with E-state index in [1.54, 1.807) is 0 Å². The van der Waals surface area contributed by atoms with Crippen molar-refractivity contribution in [2.75, 3.05) is 0 Å². The maximum Gasteiger partial charge on any atom is 0.332 e. The van der Waals surface area contributed by atoms with Crippen LogP contribution in [0, 0.1) is 34.5 Å². The molecule has 3 heteroatoms. The molecule has 0 aliphatic heterocycles. The van der Waals surface area contributed by atoms with Crippen molar-refractivity contribution in [3.8, 4) is 0 Å². The largest absolute Gasteiger partial charge is 0.478 e. The Balaban J connectivity index is 2.01. The maximum absolute atomic E-state index is 11.9. The zero-order chi connectivity index (χ0) is 15.0. The number of hydrogen-bond donors (Lipinski definition) is 1. The molecular weight excluding hydrogens is 264 g/mol. The van der Waals surface area contributed by atoms with Crippen LogP contribution in [0.5, 0.6) is 0 Å². The van der Waals surface area contributed by atoms with Gasteiger partial charge in [0.2, 0.25) is 0 Å². The summed E-state index contributed by atoms with van der Waals surface area (Å²) in [6.07, 6.45) is 7.72. The van der Waals surface area contributed by atoms with Crippen LogP contribution in [0.4, 0.5) is 0 Å². The molecule has 1 N–H and O–H groups in total. The molecule has 4 aliphatic rings. The van der Waals surface area contributed by atoms with Gasteiger partial charge in [0.1, 0.15) is 6.29 Å². The number of carbonyl (C=O) groups excluding carboxylic acids is 1. The zero-order valence-corrected chi connectivity index (χ0v) is 12.9. The average molecular weight is 288 g/mol. The molecule has 114 valence electrons. The minimum Gasteiger partial charge on any atom is -0.478 e. The third-order valence-electron chi connectivity index (χ3n) is 7.67. The molecule has 2 bridgehead atoms. The van der Waals surface area contributed by atoms with E-state index in [0.717, 1.165) is 25.5 Å². The molecule has 0 unspecified atom stereocenters. The minimum atomic E-state index is -0.840. The lowest BCUT2D eigenvalue weighted by molar-refractivity contribution is -0.135. The van der Waals surface area contributed by atoms with Gasteiger partial charge >= 0.3 is 5.97 Å². The van der Waals surface area contributed by atoms with Crippen molar-refractivity contribution in [1.29, 1.82) is 0 Å². The fourth-order valence-corrected chi connectivity index (χ4v) is 7.08. The van der Waals surface area contributed by atoms with Gasteiger partial charge in [-0.05, 0) is 55.3 Å². The monoisotopic (exact) mass is 288 g/mol. The number of allylic oxidation sites excluding steroid dienone is 1. The van der Waals surface area contributed by atoms with E-state index in [1.807, 2.05) is 0 Å². The van der Waals surface area contributed by atoms with E-state index >= 15 is 0 Å². The SMILES string of the molecule is CC1(C)[C@@H]2CC[C@H]3CCC[C@H]4[C@H](C=O)C(C(=O)O)=C(C2)[C@@]341. The topological polar surface area (TPSA) is 54.4 Å². The second-order valence-corrected chi connectivity index (χ2v) is 8.16. The van der Waals surface area contributed by atoms with Crippen LogP contribution in [-0.4, -0.2) is 17.4 Å². The molecule has 3 saturated carbocycles. The van der Waals surface area contributed by atoms with E-state index in [2.05, 4.69) is 13.8 Å². The van der Waals surface area contributed by atoms with Gasteiger partial charge in [-0.3, -0.25) is 0 Å².